The number of carbonyl (C=O) groups excluding carboxylic acids is 1. The van der Waals surface area contributed by atoms with Crippen molar-refractivity contribution in [2.24, 2.45) is 5.92 Å². The second-order valence-corrected chi connectivity index (χ2v) is 8.29. The number of rotatable bonds is 5. The molecule has 1 N–H and O–H groups in total. The van der Waals surface area contributed by atoms with Gasteiger partial charge in [-0.2, -0.15) is 17.0 Å². The van der Waals surface area contributed by atoms with Crippen molar-refractivity contribution in [3.8, 4) is 0 Å². The van der Waals surface area contributed by atoms with Gasteiger partial charge >= 0.3 is 0 Å². The molecular weight excluding hydrogens is 328 g/mol. The van der Waals surface area contributed by atoms with Crippen LogP contribution in [0.3, 0.4) is 0 Å². The topological polar surface area (TPSA) is 82.6 Å². The van der Waals surface area contributed by atoms with Crippen LogP contribution in [0.2, 0.25) is 0 Å². The largest absolute Gasteiger partial charge is 0.352 e. The van der Waals surface area contributed by atoms with E-state index in [1.165, 1.54) is 4.31 Å². The Labute approximate surface area is 143 Å². The first-order valence-corrected chi connectivity index (χ1v) is 9.89. The molecule has 0 aliphatic carbocycles. The summed E-state index contributed by atoms with van der Waals surface area (Å²) in [5.41, 5.74) is 0.958. The maximum absolute atomic E-state index is 12.5. The van der Waals surface area contributed by atoms with Crippen LogP contribution in [-0.2, 0) is 21.5 Å². The van der Waals surface area contributed by atoms with Crippen LogP contribution in [0.1, 0.15) is 31.2 Å². The van der Waals surface area contributed by atoms with E-state index in [1.807, 2.05) is 12.1 Å². The minimum absolute atomic E-state index is 0.00271. The maximum Gasteiger partial charge on any atom is 0.281 e. The molecule has 8 heteroatoms. The molecular formula is C16H24N4O3S. The first kappa shape index (κ1) is 17.3. The number of pyridine rings is 1. The van der Waals surface area contributed by atoms with Crippen molar-refractivity contribution >= 4 is 16.1 Å². The Balaban J connectivity index is 1.48. The van der Waals surface area contributed by atoms with Crippen molar-refractivity contribution in [2.45, 2.75) is 32.2 Å². The SMILES string of the molecule is O=C(NCc1cccnc1)C1CCN(S(=O)(=O)N2CCCC2)CC1. The Bertz CT molecular complexity index is 651. The van der Waals surface area contributed by atoms with Gasteiger partial charge in [-0.3, -0.25) is 9.78 Å². The van der Waals surface area contributed by atoms with Gasteiger partial charge in [-0.1, -0.05) is 6.07 Å². The van der Waals surface area contributed by atoms with Gasteiger partial charge in [0.1, 0.15) is 0 Å². The smallest absolute Gasteiger partial charge is 0.281 e. The first-order valence-electron chi connectivity index (χ1n) is 8.49. The van der Waals surface area contributed by atoms with Gasteiger partial charge in [-0.15, -0.1) is 0 Å². The highest BCUT2D eigenvalue weighted by atomic mass is 32.2. The molecule has 2 fully saturated rings. The first-order chi connectivity index (χ1) is 11.6. The third-order valence-corrected chi connectivity index (χ3v) is 6.77. The summed E-state index contributed by atoms with van der Waals surface area (Å²) in [5.74, 6) is -0.122. The Morgan fingerprint density at radius 1 is 1.17 bits per heavy atom. The van der Waals surface area contributed by atoms with Crippen molar-refractivity contribution < 1.29 is 13.2 Å². The van der Waals surface area contributed by atoms with Crippen molar-refractivity contribution in [3.63, 3.8) is 0 Å². The van der Waals surface area contributed by atoms with Crippen molar-refractivity contribution in [1.29, 1.82) is 0 Å². The molecule has 1 amide bonds. The number of nitrogens with one attached hydrogen (secondary N) is 1. The molecule has 132 valence electrons. The zero-order valence-corrected chi connectivity index (χ0v) is 14.5. The van der Waals surface area contributed by atoms with E-state index in [0.29, 0.717) is 45.6 Å². The zero-order valence-electron chi connectivity index (χ0n) is 13.7. The molecule has 24 heavy (non-hydrogen) atoms. The number of hydrogen-bond acceptors (Lipinski definition) is 4. The van der Waals surface area contributed by atoms with Gasteiger partial charge in [0.25, 0.3) is 10.2 Å². The summed E-state index contributed by atoms with van der Waals surface area (Å²) in [6.45, 7) is 2.54. The molecule has 7 nitrogen and oxygen atoms in total. The Hall–Kier alpha value is -1.51. The third kappa shape index (κ3) is 3.93. The van der Waals surface area contributed by atoms with Gasteiger partial charge in [0, 0.05) is 51.0 Å². The summed E-state index contributed by atoms with van der Waals surface area (Å²) in [5, 5.41) is 2.92. The van der Waals surface area contributed by atoms with Crippen molar-refractivity contribution in [2.75, 3.05) is 26.2 Å². The fourth-order valence-corrected chi connectivity index (χ4v) is 4.99. The third-order valence-electron chi connectivity index (χ3n) is 4.73. The summed E-state index contributed by atoms with van der Waals surface area (Å²) >= 11 is 0. The monoisotopic (exact) mass is 352 g/mol. The highest BCUT2D eigenvalue weighted by Gasteiger charge is 2.35. The van der Waals surface area contributed by atoms with Gasteiger partial charge in [0.15, 0.2) is 0 Å². The van der Waals surface area contributed by atoms with Crippen molar-refractivity contribution in [1.82, 2.24) is 18.9 Å². The second-order valence-electron chi connectivity index (χ2n) is 6.37. The number of amides is 1. The molecule has 0 aromatic carbocycles. The molecule has 3 heterocycles. The van der Waals surface area contributed by atoms with Crippen LogP contribution < -0.4 is 5.32 Å². The average Bonchev–Trinajstić information content (AvgIpc) is 3.16. The lowest BCUT2D eigenvalue weighted by molar-refractivity contribution is -0.126. The number of piperidine rings is 1. The normalized spacial score (nSPS) is 21.0. The van der Waals surface area contributed by atoms with E-state index in [9.17, 15) is 13.2 Å². The lowest BCUT2D eigenvalue weighted by atomic mass is 9.97. The zero-order chi connectivity index (χ0) is 17.0. The summed E-state index contributed by atoms with van der Waals surface area (Å²) in [6, 6.07) is 3.75. The highest BCUT2D eigenvalue weighted by molar-refractivity contribution is 7.86. The molecule has 0 saturated carbocycles. The van der Waals surface area contributed by atoms with Crippen molar-refractivity contribution in [3.05, 3.63) is 30.1 Å². The van der Waals surface area contributed by atoms with E-state index in [0.717, 1.165) is 18.4 Å². The predicted molar refractivity (Wildman–Crippen MR) is 90.1 cm³/mol. The Morgan fingerprint density at radius 3 is 2.46 bits per heavy atom. The van der Waals surface area contributed by atoms with Gasteiger partial charge < -0.3 is 5.32 Å². The van der Waals surface area contributed by atoms with Crippen LogP contribution in [0, 0.1) is 5.92 Å². The van der Waals surface area contributed by atoms with E-state index >= 15 is 0 Å². The molecule has 0 spiro atoms. The minimum Gasteiger partial charge on any atom is -0.352 e. The van der Waals surface area contributed by atoms with Crippen LogP contribution in [-0.4, -0.2) is 54.1 Å². The fraction of sp³-hybridized carbons (Fsp3) is 0.625. The van der Waals surface area contributed by atoms with E-state index in [4.69, 9.17) is 0 Å². The predicted octanol–water partition coefficient (Wildman–Crippen LogP) is 0.750. The van der Waals surface area contributed by atoms with Gasteiger partial charge in [-0.25, -0.2) is 0 Å². The van der Waals surface area contributed by atoms with Crippen LogP contribution in [0.15, 0.2) is 24.5 Å². The van der Waals surface area contributed by atoms with Crippen LogP contribution in [0.4, 0.5) is 0 Å². The van der Waals surface area contributed by atoms with E-state index in [-0.39, 0.29) is 11.8 Å². The fourth-order valence-electron chi connectivity index (χ4n) is 3.27. The molecule has 0 unspecified atom stereocenters. The molecule has 0 bridgehead atoms. The number of hydrogen-bond donors (Lipinski definition) is 1. The van der Waals surface area contributed by atoms with Crippen LogP contribution in [0.25, 0.3) is 0 Å². The summed E-state index contributed by atoms with van der Waals surface area (Å²) in [4.78, 5) is 16.3. The van der Waals surface area contributed by atoms with E-state index < -0.39 is 10.2 Å². The molecule has 0 radical (unpaired) electrons. The summed E-state index contributed by atoms with van der Waals surface area (Å²) < 4.78 is 28.1. The molecule has 1 aromatic heterocycles. The lowest BCUT2D eigenvalue weighted by Crippen LogP contribution is -2.48. The summed E-state index contributed by atoms with van der Waals surface area (Å²) in [7, 11) is -3.34. The maximum atomic E-state index is 12.5. The quantitative estimate of drug-likeness (QED) is 0.848. The highest BCUT2D eigenvalue weighted by Crippen LogP contribution is 2.23. The molecule has 1 aromatic rings. The molecule has 2 aliphatic heterocycles. The number of carbonyl (C=O) groups is 1. The standard InChI is InChI=1S/C16H24N4O3S/c21-16(18-13-14-4-3-7-17-12-14)15-5-10-20(11-6-15)24(22,23)19-8-1-2-9-19/h3-4,7,12,15H,1-2,5-6,8-11,13H2,(H,18,21). The summed E-state index contributed by atoms with van der Waals surface area (Å²) in [6.07, 6.45) is 6.45. The van der Waals surface area contributed by atoms with Gasteiger partial charge in [-0.05, 0) is 37.3 Å². The molecule has 2 aliphatic rings. The Morgan fingerprint density at radius 2 is 1.83 bits per heavy atom. The number of nitrogens with zero attached hydrogens (tertiary/aromatic N) is 3. The minimum atomic E-state index is -3.34. The Kier molecular flexibility index (Phi) is 5.47. The van der Waals surface area contributed by atoms with E-state index in [2.05, 4.69) is 10.3 Å². The lowest BCUT2D eigenvalue weighted by Gasteiger charge is -2.33. The van der Waals surface area contributed by atoms with E-state index in [1.54, 1.807) is 16.7 Å². The second kappa shape index (κ2) is 7.58. The molecule has 0 atom stereocenters. The van der Waals surface area contributed by atoms with Gasteiger partial charge in [0.05, 0.1) is 0 Å². The van der Waals surface area contributed by atoms with Crippen LogP contribution in [0.5, 0.6) is 0 Å². The van der Waals surface area contributed by atoms with Gasteiger partial charge in [0.2, 0.25) is 5.91 Å². The average molecular weight is 352 g/mol. The van der Waals surface area contributed by atoms with Crippen LogP contribution >= 0.6 is 0 Å². The number of aromatic nitrogens is 1. The molecule has 3 rings (SSSR count). The molecule has 2 saturated heterocycles.